The summed E-state index contributed by atoms with van der Waals surface area (Å²) in [6.45, 7) is 0. The second-order valence-electron chi connectivity index (χ2n) is 2.61. The zero-order valence-electron chi connectivity index (χ0n) is 7.75. The first-order chi connectivity index (χ1) is 7.45. The SMILES string of the molecule is N=NC=NNc1ccc(Cl)c(S(=O)(=O)O)c1. The van der Waals surface area contributed by atoms with Gasteiger partial charge in [-0.1, -0.05) is 11.6 Å². The van der Waals surface area contributed by atoms with Gasteiger partial charge in [0.15, 0.2) is 6.34 Å². The molecule has 0 aliphatic heterocycles. The van der Waals surface area contributed by atoms with Crippen molar-refractivity contribution in [1.82, 2.24) is 0 Å². The van der Waals surface area contributed by atoms with Gasteiger partial charge in [0.05, 0.1) is 10.7 Å². The molecule has 0 spiro atoms. The van der Waals surface area contributed by atoms with E-state index in [9.17, 15) is 8.42 Å². The number of rotatable bonds is 4. The van der Waals surface area contributed by atoms with Gasteiger partial charge in [0.1, 0.15) is 4.90 Å². The average Bonchev–Trinajstić information content (AvgIpc) is 2.19. The van der Waals surface area contributed by atoms with Crippen LogP contribution in [0.5, 0.6) is 0 Å². The molecule has 86 valence electrons. The second-order valence-corrected chi connectivity index (χ2v) is 4.40. The lowest BCUT2D eigenvalue weighted by atomic mass is 10.3. The maximum atomic E-state index is 10.9. The Hall–Kier alpha value is -1.51. The Bertz CT molecular complexity index is 528. The molecule has 0 heterocycles. The summed E-state index contributed by atoms with van der Waals surface area (Å²) >= 11 is 5.59. The zero-order valence-corrected chi connectivity index (χ0v) is 9.33. The van der Waals surface area contributed by atoms with Crippen LogP contribution < -0.4 is 5.43 Å². The molecular weight excluding hydrogens is 256 g/mol. The van der Waals surface area contributed by atoms with E-state index in [-0.39, 0.29) is 10.7 Å². The van der Waals surface area contributed by atoms with Crippen molar-refractivity contribution in [3.05, 3.63) is 23.2 Å². The van der Waals surface area contributed by atoms with Crippen molar-refractivity contribution >= 4 is 33.7 Å². The Morgan fingerprint density at radius 1 is 1.50 bits per heavy atom. The molecule has 0 saturated carbocycles. The van der Waals surface area contributed by atoms with Gasteiger partial charge in [-0.25, -0.2) is 5.53 Å². The Kier molecular flexibility index (Phi) is 3.93. The summed E-state index contributed by atoms with van der Waals surface area (Å²) in [4.78, 5) is -0.419. The summed E-state index contributed by atoms with van der Waals surface area (Å²) in [5, 5.41) is 6.21. The highest BCUT2D eigenvalue weighted by Crippen LogP contribution is 2.24. The van der Waals surface area contributed by atoms with Crippen molar-refractivity contribution < 1.29 is 13.0 Å². The van der Waals surface area contributed by atoms with Crippen LogP contribution in [0.1, 0.15) is 0 Å². The topological polar surface area (TPSA) is 115 Å². The molecule has 3 N–H and O–H groups in total. The fraction of sp³-hybridized carbons (Fsp3) is 0. The third-order valence-electron chi connectivity index (χ3n) is 1.52. The average molecular weight is 263 g/mol. The minimum atomic E-state index is -4.37. The zero-order chi connectivity index (χ0) is 12.2. The molecule has 9 heteroatoms. The Morgan fingerprint density at radius 3 is 2.75 bits per heavy atom. The molecule has 0 aromatic heterocycles. The van der Waals surface area contributed by atoms with Crippen LogP contribution in [0.4, 0.5) is 5.69 Å². The molecule has 0 atom stereocenters. The van der Waals surface area contributed by atoms with Crippen molar-refractivity contribution in [3.63, 3.8) is 0 Å². The fourth-order valence-electron chi connectivity index (χ4n) is 0.903. The number of hydrazone groups is 1. The van der Waals surface area contributed by atoms with E-state index in [1.165, 1.54) is 12.1 Å². The van der Waals surface area contributed by atoms with Gasteiger partial charge in [0, 0.05) is 0 Å². The van der Waals surface area contributed by atoms with Crippen LogP contribution in [0, 0.1) is 5.53 Å². The van der Waals surface area contributed by atoms with E-state index < -0.39 is 15.0 Å². The predicted octanol–water partition coefficient (Wildman–Crippen LogP) is 1.97. The fourth-order valence-corrected chi connectivity index (χ4v) is 1.90. The number of hydrogen-bond donors (Lipinski definition) is 3. The van der Waals surface area contributed by atoms with E-state index in [4.69, 9.17) is 21.7 Å². The Morgan fingerprint density at radius 2 is 2.19 bits per heavy atom. The van der Waals surface area contributed by atoms with Crippen molar-refractivity contribution in [2.75, 3.05) is 5.43 Å². The Labute approximate surface area is 96.4 Å². The standard InChI is InChI=1S/C7H7ClN4O3S/c8-6-2-1-5(12-11-4-10-9)3-7(6)16(13,14)15/h1-4,9,12H,(H,13,14,15). The number of nitrogens with zero attached hydrogens (tertiary/aromatic N) is 2. The molecule has 0 bridgehead atoms. The Balaban J connectivity index is 3.08. The molecule has 0 fully saturated rings. The summed E-state index contributed by atoms with van der Waals surface area (Å²) < 4.78 is 30.6. The lowest BCUT2D eigenvalue weighted by molar-refractivity contribution is 0.483. The van der Waals surface area contributed by atoms with E-state index in [2.05, 4.69) is 15.6 Å². The van der Waals surface area contributed by atoms with Gasteiger partial charge in [-0.15, -0.1) is 5.11 Å². The largest absolute Gasteiger partial charge is 0.296 e. The first kappa shape index (κ1) is 12.6. The number of halogens is 1. The van der Waals surface area contributed by atoms with Crippen LogP contribution in [0.2, 0.25) is 5.02 Å². The molecule has 16 heavy (non-hydrogen) atoms. The summed E-state index contributed by atoms with van der Waals surface area (Å²) in [5.41, 5.74) is 9.12. The van der Waals surface area contributed by atoms with Crippen molar-refractivity contribution in [3.8, 4) is 0 Å². The van der Waals surface area contributed by atoms with E-state index in [1.807, 2.05) is 0 Å². The molecule has 0 aliphatic carbocycles. The molecule has 1 aromatic carbocycles. The first-order valence-corrected chi connectivity index (χ1v) is 5.68. The number of hydrogen-bond acceptors (Lipinski definition) is 5. The van der Waals surface area contributed by atoms with Crippen LogP contribution >= 0.6 is 11.6 Å². The highest BCUT2D eigenvalue weighted by atomic mass is 35.5. The van der Waals surface area contributed by atoms with E-state index in [0.717, 1.165) is 12.4 Å². The molecule has 7 nitrogen and oxygen atoms in total. The third kappa shape index (κ3) is 3.26. The quantitative estimate of drug-likeness (QED) is 0.253. The van der Waals surface area contributed by atoms with Crippen LogP contribution in [-0.4, -0.2) is 19.3 Å². The van der Waals surface area contributed by atoms with Crippen molar-refractivity contribution in [2.24, 2.45) is 10.2 Å². The van der Waals surface area contributed by atoms with Crippen LogP contribution in [-0.2, 0) is 10.1 Å². The molecule has 1 aromatic rings. The van der Waals surface area contributed by atoms with Crippen LogP contribution in [0.15, 0.2) is 33.3 Å². The highest BCUT2D eigenvalue weighted by molar-refractivity contribution is 7.86. The molecule has 0 unspecified atom stereocenters. The molecule has 1 rings (SSSR count). The normalized spacial score (nSPS) is 11.6. The number of benzene rings is 1. The molecule has 0 saturated heterocycles. The van der Waals surface area contributed by atoms with Gasteiger partial charge in [0.25, 0.3) is 10.1 Å². The predicted molar refractivity (Wildman–Crippen MR) is 58.5 cm³/mol. The smallest absolute Gasteiger partial charge is 0.282 e. The van der Waals surface area contributed by atoms with Gasteiger partial charge in [0.2, 0.25) is 0 Å². The van der Waals surface area contributed by atoms with E-state index >= 15 is 0 Å². The number of anilines is 1. The van der Waals surface area contributed by atoms with Crippen LogP contribution in [0.25, 0.3) is 0 Å². The van der Waals surface area contributed by atoms with E-state index in [0.29, 0.717) is 0 Å². The summed E-state index contributed by atoms with van der Waals surface area (Å²) in [7, 11) is -4.37. The van der Waals surface area contributed by atoms with Gasteiger partial charge in [-0.05, 0) is 18.2 Å². The molecule has 0 amide bonds. The third-order valence-corrected chi connectivity index (χ3v) is 2.85. The first-order valence-electron chi connectivity index (χ1n) is 3.86. The molecular formula is C7H7ClN4O3S. The monoisotopic (exact) mass is 262 g/mol. The maximum absolute atomic E-state index is 10.9. The van der Waals surface area contributed by atoms with E-state index in [1.54, 1.807) is 0 Å². The lowest BCUT2D eigenvalue weighted by Crippen LogP contribution is -2.00. The molecule has 0 radical (unpaired) electrons. The summed E-state index contributed by atoms with van der Waals surface area (Å²) in [5.74, 6) is 0. The van der Waals surface area contributed by atoms with Crippen molar-refractivity contribution in [1.29, 1.82) is 5.53 Å². The minimum Gasteiger partial charge on any atom is -0.282 e. The summed E-state index contributed by atoms with van der Waals surface area (Å²) in [6.07, 6.45) is 0.918. The van der Waals surface area contributed by atoms with Crippen molar-refractivity contribution in [2.45, 2.75) is 4.90 Å². The molecule has 0 aliphatic rings. The number of nitrogens with one attached hydrogen (secondary N) is 2. The van der Waals surface area contributed by atoms with Gasteiger partial charge < -0.3 is 0 Å². The maximum Gasteiger partial charge on any atom is 0.296 e. The van der Waals surface area contributed by atoms with Gasteiger partial charge in [-0.3, -0.25) is 9.98 Å². The highest BCUT2D eigenvalue weighted by Gasteiger charge is 2.14. The van der Waals surface area contributed by atoms with Gasteiger partial charge >= 0.3 is 0 Å². The van der Waals surface area contributed by atoms with Crippen LogP contribution in [0.3, 0.4) is 0 Å². The lowest BCUT2D eigenvalue weighted by Gasteiger charge is -2.03. The summed E-state index contributed by atoms with van der Waals surface area (Å²) in [6, 6.07) is 3.86. The van der Waals surface area contributed by atoms with Gasteiger partial charge in [-0.2, -0.15) is 13.5 Å². The second kappa shape index (κ2) is 5.01. The minimum absolute atomic E-state index is 0.0952.